The Bertz CT molecular complexity index is 987. The minimum atomic E-state index is -0.963. The van der Waals surface area contributed by atoms with Gasteiger partial charge in [0.25, 0.3) is 5.91 Å². The summed E-state index contributed by atoms with van der Waals surface area (Å²) in [6, 6.07) is 14.7. The molecule has 2 aliphatic rings. The van der Waals surface area contributed by atoms with Crippen molar-refractivity contribution in [3.05, 3.63) is 66.0 Å². The summed E-state index contributed by atoms with van der Waals surface area (Å²) >= 11 is 0. The van der Waals surface area contributed by atoms with E-state index in [1.54, 1.807) is 17.2 Å². The topological polar surface area (TPSA) is 96.6 Å². The molecule has 32 heavy (non-hydrogen) atoms. The number of amides is 3. The first-order valence-electron chi connectivity index (χ1n) is 11.2. The van der Waals surface area contributed by atoms with Gasteiger partial charge in [-0.25, -0.2) is 0 Å². The number of hydrogen-bond acceptors (Lipinski definition) is 4. The number of piperidine rings is 2. The SMILES string of the molecule is CC1(C(=O)N2CCCC(C(N)=O)(c3ccccn3)C2)CCN(C(=O)c2ccccc2)CC1. The van der Waals surface area contributed by atoms with Crippen LogP contribution >= 0.6 is 0 Å². The van der Waals surface area contributed by atoms with Gasteiger partial charge in [0.2, 0.25) is 11.8 Å². The number of pyridine rings is 1. The second-order valence-corrected chi connectivity index (χ2v) is 9.21. The van der Waals surface area contributed by atoms with Gasteiger partial charge < -0.3 is 15.5 Å². The van der Waals surface area contributed by atoms with E-state index < -0.39 is 16.7 Å². The fourth-order valence-corrected chi connectivity index (χ4v) is 4.97. The van der Waals surface area contributed by atoms with Crippen LogP contribution in [0.4, 0.5) is 0 Å². The van der Waals surface area contributed by atoms with Crippen molar-refractivity contribution in [3.8, 4) is 0 Å². The van der Waals surface area contributed by atoms with Crippen molar-refractivity contribution in [1.29, 1.82) is 0 Å². The van der Waals surface area contributed by atoms with Crippen molar-refractivity contribution >= 4 is 17.7 Å². The monoisotopic (exact) mass is 434 g/mol. The number of aromatic nitrogens is 1. The third-order valence-electron chi connectivity index (χ3n) is 7.10. The zero-order valence-electron chi connectivity index (χ0n) is 18.5. The van der Waals surface area contributed by atoms with Crippen LogP contribution in [-0.2, 0) is 15.0 Å². The number of carbonyl (C=O) groups excluding carboxylic acids is 3. The number of primary amides is 1. The minimum Gasteiger partial charge on any atom is -0.369 e. The van der Waals surface area contributed by atoms with Gasteiger partial charge in [0.1, 0.15) is 5.41 Å². The molecule has 1 unspecified atom stereocenters. The van der Waals surface area contributed by atoms with Crippen LogP contribution in [-0.4, -0.2) is 58.7 Å². The number of nitrogens with zero attached hydrogens (tertiary/aromatic N) is 3. The quantitative estimate of drug-likeness (QED) is 0.799. The smallest absolute Gasteiger partial charge is 0.253 e. The van der Waals surface area contributed by atoms with Crippen LogP contribution in [0.25, 0.3) is 0 Å². The van der Waals surface area contributed by atoms with E-state index >= 15 is 0 Å². The normalized spacial score (nSPS) is 22.9. The second-order valence-electron chi connectivity index (χ2n) is 9.21. The number of nitrogens with two attached hydrogens (primary N) is 1. The highest BCUT2D eigenvalue weighted by molar-refractivity contribution is 5.94. The summed E-state index contributed by atoms with van der Waals surface area (Å²) in [4.78, 5) is 46.9. The Balaban J connectivity index is 1.47. The molecule has 2 saturated heterocycles. The molecule has 2 aromatic rings. The first-order valence-corrected chi connectivity index (χ1v) is 11.2. The molecule has 2 fully saturated rings. The van der Waals surface area contributed by atoms with Gasteiger partial charge in [-0.05, 0) is 49.9 Å². The van der Waals surface area contributed by atoms with Crippen molar-refractivity contribution < 1.29 is 14.4 Å². The van der Waals surface area contributed by atoms with Crippen LogP contribution in [0, 0.1) is 5.41 Å². The summed E-state index contributed by atoms with van der Waals surface area (Å²) < 4.78 is 0. The average molecular weight is 435 g/mol. The Morgan fingerprint density at radius 1 is 0.906 bits per heavy atom. The van der Waals surface area contributed by atoms with Gasteiger partial charge >= 0.3 is 0 Å². The first-order chi connectivity index (χ1) is 15.4. The summed E-state index contributed by atoms with van der Waals surface area (Å²) in [5, 5.41) is 0. The van der Waals surface area contributed by atoms with E-state index in [-0.39, 0.29) is 18.4 Å². The van der Waals surface area contributed by atoms with Gasteiger partial charge in [-0.1, -0.05) is 31.2 Å². The molecule has 4 rings (SSSR count). The van der Waals surface area contributed by atoms with Crippen LogP contribution in [0.1, 0.15) is 48.7 Å². The highest BCUT2D eigenvalue weighted by Crippen LogP contribution is 2.38. The van der Waals surface area contributed by atoms with Gasteiger partial charge in [0, 0.05) is 43.4 Å². The Labute approximate surface area is 188 Å². The zero-order chi connectivity index (χ0) is 22.8. The summed E-state index contributed by atoms with van der Waals surface area (Å²) in [5.74, 6) is -0.409. The Morgan fingerprint density at radius 2 is 1.59 bits per heavy atom. The van der Waals surface area contributed by atoms with E-state index in [1.165, 1.54) is 0 Å². The zero-order valence-corrected chi connectivity index (χ0v) is 18.5. The molecular weight excluding hydrogens is 404 g/mol. The summed E-state index contributed by atoms with van der Waals surface area (Å²) in [7, 11) is 0. The minimum absolute atomic E-state index is 0.000897. The lowest BCUT2D eigenvalue weighted by atomic mass is 9.73. The lowest BCUT2D eigenvalue weighted by molar-refractivity contribution is -0.147. The molecule has 1 atom stereocenters. The van der Waals surface area contributed by atoms with Crippen molar-refractivity contribution in [2.24, 2.45) is 11.1 Å². The lowest BCUT2D eigenvalue weighted by Crippen LogP contribution is -2.58. The van der Waals surface area contributed by atoms with Gasteiger partial charge in [-0.3, -0.25) is 19.4 Å². The maximum atomic E-state index is 13.6. The second kappa shape index (κ2) is 8.73. The van der Waals surface area contributed by atoms with Crippen LogP contribution < -0.4 is 5.73 Å². The Morgan fingerprint density at radius 3 is 2.22 bits per heavy atom. The fourth-order valence-electron chi connectivity index (χ4n) is 4.97. The van der Waals surface area contributed by atoms with Gasteiger partial charge in [0.15, 0.2) is 0 Å². The third kappa shape index (κ3) is 3.99. The number of hydrogen-bond donors (Lipinski definition) is 1. The number of carbonyl (C=O) groups is 3. The highest BCUT2D eigenvalue weighted by Gasteiger charge is 2.48. The van der Waals surface area contributed by atoms with Crippen molar-refractivity contribution in [3.63, 3.8) is 0 Å². The van der Waals surface area contributed by atoms with E-state index in [4.69, 9.17) is 5.73 Å². The van der Waals surface area contributed by atoms with Gasteiger partial charge in [-0.15, -0.1) is 0 Å². The molecule has 1 aromatic heterocycles. The molecule has 0 spiro atoms. The van der Waals surface area contributed by atoms with Gasteiger partial charge in [-0.2, -0.15) is 0 Å². The maximum Gasteiger partial charge on any atom is 0.253 e. The molecular formula is C25H30N4O3. The number of rotatable bonds is 4. The van der Waals surface area contributed by atoms with E-state index in [9.17, 15) is 14.4 Å². The summed E-state index contributed by atoms with van der Waals surface area (Å²) in [5.41, 5.74) is 5.61. The fraction of sp³-hybridized carbons (Fsp3) is 0.440. The molecule has 2 N–H and O–H groups in total. The van der Waals surface area contributed by atoms with Crippen LogP contribution in [0.15, 0.2) is 54.7 Å². The van der Waals surface area contributed by atoms with Crippen LogP contribution in [0.3, 0.4) is 0 Å². The summed E-state index contributed by atoms with van der Waals surface area (Å²) in [6.07, 6.45) is 4.11. The Hall–Kier alpha value is -3.22. The van der Waals surface area contributed by atoms with Crippen molar-refractivity contribution in [1.82, 2.24) is 14.8 Å². The standard InChI is InChI=1S/C25H30N4O3/c1-24(12-16-28(17-13-24)21(30)19-8-3-2-4-9-19)23(32)29-15-7-11-25(18-29,22(26)31)20-10-5-6-14-27-20/h2-6,8-10,14H,7,11-13,15-18H2,1H3,(H2,26,31). The van der Waals surface area contributed by atoms with E-state index in [0.717, 1.165) is 0 Å². The maximum absolute atomic E-state index is 13.6. The third-order valence-corrected chi connectivity index (χ3v) is 7.10. The Kier molecular flexibility index (Phi) is 6.00. The molecule has 1 aromatic carbocycles. The van der Waals surface area contributed by atoms with Crippen LogP contribution in [0.5, 0.6) is 0 Å². The molecule has 0 bridgehead atoms. The molecule has 0 saturated carbocycles. The summed E-state index contributed by atoms with van der Waals surface area (Å²) in [6.45, 7) is 3.89. The molecule has 0 radical (unpaired) electrons. The predicted molar refractivity (Wildman–Crippen MR) is 121 cm³/mol. The molecule has 168 valence electrons. The van der Waals surface area contributed by atoms with Crippen molar-refractivity contribution in [2.45, 2.75) is 38.0 Å². The number of likely N-dealkylation sites (tertiary alicyclic amines) is 2. The largest absolute Gasteiger partial charge is 0.369 e. The van der Waals surface area contributed by atoms with Crippen LogP contribution in [0.2, 0.25) is 0 Å². The molecule has 3 amide bonds. The van der Waals surface area contributed by atoms with E-state index in [2.05, 4.69) is 4.98 Å². The molecule has 3 heterocycles. The lowest BCUT2D eigenvalue weighted by Gasteiger charge is -2.45. The average Bonchev–Trinajstić information content (AvgIpc) is 2.84. The van der Waals surface area contributed by atoms with Gasteiger partial charge in [0.05, 0.1) is 5.69 Å². The predicted octanol–water partition coefficient (Wildman–Crippen LogP) is 2.37. The highest BCUT2D eigenvalue weighted by atomic mass is 16.2. The molecule has 7 nitrogen and oxygen atoms in total. The van der Waals surface area contributed by atoms with E-state index in [0.29, 0.717) is 56.6 Å². The molecule has 7 heteroatoms. The molecule has 2 aliphatic heterocycles. The van der Waals surface area contributed by atoms with E-state index in [1.807, 2.05) is 54.3 Å². The van der Waals surface area contributed by atoms with Crippen molar-refractivity contribution in [2.75, 3.05) is 26.2 Å². The number of benzene rings is 1. The first kappa shape index (κ1) is 22.0. The molecule has 0 aliphatic carbocycles.